The summed E-state index contributed by atoms with van der Waals surface area (Å²) in [7, 11) is 0. The molecule has 4 nitrogen and oxygen atoms in total. The molecule has 2 N–H and O–H groups in total. The van der Waals surface area contributed by atoms with Gasteiger partial charge in [0.15, 0.2) is 0 Å². The van der Waals surface area contributed by atoms with Crippen LogP contribution in [0.3, 0.4) is 0 Å². The molecule has 0 saturated carbocycles. The fraction of sp³-hybridized carbons (Fsp3) is 0.562. The van der Waals surface area contributed by atoms with Crippen LogP contribution >= 0.6 is 0 Å². The second kappa shape index (κ2) is 5.54. The Morgan fingerprint density at radius 1 is 1.35 bits per heavy atom. The van der Waals surface area contributed by atoms with Gasteiger partial charge in [0.2, 0.25) is 0 Å². The summed E-state index contributed by atoms with van der Waals surface area (Å²) in [6.45, 7) is 6.30. The van der Waals surface area contributed by atoms with Crippen LogP contribution in [0.2, 0.25) is 0 Å². The highest BCUT2D eigenvalue weighted by atomic mass is 15.2. The summed E-state index contributed by atoms with van der Waals surface area (Å²) in [6, 6.07) is 5.19. The Balaban J connectivity index is 2.03. The number of fused-ring (bicyclic) bond motifs is 1. The molecule has 1 saturated heterocycles. The Morgan fingerprint density at radius 3 is 2.95 bits per heavy atom. The number of nitrogens with zero attached hydrogens (tertiary/aromatic N) is 3. The Labute approximate surface area is 120 Å². The van der Waals surface area contributed by atoms with Crippen molar-refractivity contribution in [1.82, 2.24) is 14.3 Å². The lowest BCUT2D eigenvalue weighted by molar-refractivity contribution is 0.106. The van der Waals surface area contributed by atoms with Gasteiger partial charge in [0.05, 0.1) is 17.8 Å². The van der Waals surface area contributed by atoms with Gasteiger partial charge in [0.25, 0.3) is 0 Å². The first kappa shape index (κ1) is 13.6. The third-order valence-corrected chi connectivity index (χ3v) is 4.36. The average molecular weight is 272 g/mol. The highest BCUT2D eigenvalue weighted by Gasteiger charge is 2.28. The van der Waals surface area contributed by atoms with Gasteiger partial charge >= 0.3 is 0 Å². The highest BCUT2D eigenvalue weighted by molar-refractivity contribution is 5.47. The first-order valence-electron chi connectivity index (χ1n) is 7.62. The second-order valence-electron chi connectivity index (χ2n) is 6.00. The van der Waals surface area contributed by atoms with E-state index in [2.05, 4.69) is 41.5 Å². The maximum absolute atomic E-state index is 5.77. The smallest absolute Gasteiger partial charge is 0.130 e. The maximum atomic E-state index is 5.77. The number of piperidine rings is 1. The minimum Gasteiger partial charge on any atom is -0.326 e. The van der Waals surface area contributed by atoms with Crippen LogP contribution in [0.4, 0.5) is 0 Å². The van der Waals surface area contributed by atoms with E-state index in [1.54, 1.807) is 0 Å². The van der Waals surface area contributed by atoms with Crippen LogP contribution in [0, 0.1) is 0 Å². The molecule has 3 rings (SSSR count). The molecular formula is C16H24N4. The molecule has 1 unspecified atom stereocenters. The maximum Gasteiger partial charge on any atom is 0.130 e. The number of likely N-dealkylation sites (tertiary alicyclic amines) is 1. The molecular weight excluding hydrogens is 248 g/mol. The standard InChI is InChI=1S/C16H24N4/c1-12(2)19-8-4-3-5-15(19)16-18-10-14-7-6-13(9-17)11-20(14)16/h6-7,10-12,15H,3-5,8-9,17H2,1-2H3. The highest BCUT2D eigenvalue weighted by Crippen LogP contribution is 2.32. The third-order valence-electron chi connectivity index (χ3n) is 4.36. The lowest BCUT2D eigenvalue weighted by Gasteiger charge is -2.37. The average Bonchev–Trinajstić information content (AvgIpc) is 2.89. The first-order valence-corrected chi connectivity index (χ1v) is 7.62. The predicted octanol–water partition coefficient (Wildman–Crippen LogP) is 2.73. The van der Waals surface area contributed by atoms with E-state index in [-0.39, 0.29) is 0 Å². The summed E-state index contributed by atoms with van der Waals surface area (Å²) in [6.07, 6.45) is 7.91. The van der Waals surface area contributed by atoms with Crippen molar-refractivity contribution in [2.45, 2.75) is 51.7 Å². The number of hydrogen-bond donors (Lipinski definition) is 1. The van der Waals surface area contributed by atoms with Crippen molar-refractivity contribution in [3.8, 4) is 0 Å². The summed E-state index contributed by atoms with van der Waals surface area (Å²) in [5.41, 5.74) is 8.08. The van der Waals surface area contributed by atoms with Gasteiger partial charge in [-0.15, -0.1) is 0 Å². The molecule has 0 bridgehead atoms. The van der Waals surface area contributed by atoms with E-state index in [9.17, 15) is 0 Å². The van der Waals surface area contributed by atoms with Crippen LogP contribution in [0.5, 0.6) is 0 Å². The van der Waals surface area contributed by atoms with Crippen molar-refractivity contribution in [2.75, 3.05) is 6.54 Å². The lowest BCUT2D eigenvalue weighted by atomic mass is 9.99. The molecule has 0 aromatic carbocycles. The van der Waals surface area contributed by atoms with E-state index in [1.165, 1.54) is 31.6 Å². The topological polar surface area (TPSA) is 46.6 Å². The van der Waals surface area contributed by atoms with Crippen LogP contribution in [0.1, 0.15) is 50.5 Å². The largest absolute Gasteiger partial charge is 0.326 e. The van der Waals surface area contributed by atoms with Crippen LogP contribution < -0.4 is 5.73 Å². The Bertz CT molecular complexity index is 587. The van der Waals surface area contributed by atoms with Crippen LogP contribution in [0.15, 0.2) is 24.5 Å². The Hall–Kier alpha value is -1.39. The Kier molecular flexibility index (Phi) is 3.76. The molecule has 1 atom stereocenters. The minimum atomic E-state index is 0.430. The Morgan fingerprint density at radius 2 is 2.20 bits per heavy atom. The van der Waals surface area contributed by atoms with E-state index in [4.69, 9.17) is 10.7 Å². The summed E-state index contributed by atoms with van der Waals surface area (Å²) in [5, 5.41) is 0. The van der Waals surface area contributed by atoms with Crippen molar-refractivity contribution in [3.05, 3.63) is 35.9 Å². The van der Waals surface area contributed by atoms with E-state index in [0.29, 0.717) is 18.6 Å². The minimum absolute atomic E-state index is 0.430. The molecule has 1 fully saturated rings. The van der Waals surface area contributed by atoms with Crippen molar-refractivity contribution in [3.63, 3.8) is 0 Å². The first-order chi connectivity index (χ1) is 9.70. The van der Waals surface area contributed by atoms with Crippen LogP contribution in [0.25, 0.3) is 5.52 Å². The lowest BCUT2D eigenvalue weighted by Crippen LogP contribution is -2.39. The van der Waals surface area contributed by atoms with E-state index >= 15 is 0 Å². The molecule has 20 heavy (non-hydrogen) atoms. The van der Waals surface area contributed by atoms with Crippen LogP contribution in [-0.2, 0) is 6.54 Å². The van der Waals surface area contributed by atoms with Gasteiger partial charge in [0, 0.05) is 18.8 Å². The van der Waals surface area contributed by atoms with Crippen molar-refractivity contribution >= 4 is 5.52 Å². The zero-order valence-electron chi connectivity index (χ0n) is 12.4. The van der Waals surface area contributed by atoms with Gasteiger partial charge in [-0.2, -0.15) is 0 Å². The molecule has 0 radical (unpaired) electrons. The summed E-state index contributed by atoms with van der Waals surface area (Å²) >= 11 is 0. The van der Waals surface area contributed by atoms with Gasteiger partial charge in [-0.1, -0.05) is 12.5 Å². The fourth-order valence-corrected chi connectivity index (χ4v) is 3.27. The molecule has 108 valence electrons. The van der Waals surface area contributed by atoms with Crippen LogP contribution in [-0.4, -0.2) is 26.9 Å². The van der Waals surface area contributed by atoms with E-state index < -0.39 is 0 Å². The zero-order valence-corrected chi connectivity index (χ0v) is 12.4. The quantitative estimate of drug-likeness (QED) is 0.934. The second-order valence-corrected chi connectivity index (χ2v) is 6.00. The monoisotopic (exact) mass is 272 g/mol. The van der Waals surface area contributed by atoms with Gasteiger partial charge in [-0.05, 0) is 44.9 Å². The molecule has 0 spiro atoms. The van der Waals surface area contributed by atoms with Gasteiger partial charge in [-0.3, -0.25) is 4.90 Å². The molecule has 0 aliphatic carbocycles. The molecule has 2 aromatic rings. The number of pyridine rings is 1. The SMILES string of the molecule is CC(C)N1CCCCC1c1ncc2ccc(CN)cn12. The molecule has 4 heteroatoms. The molecule has 3 heterocycles. The van der Waals surface area contributed by atoms with Gasteiger partial charge in [0.1, 0.15) is 5.82 Å². The number of imidazole rings is 1. The predicted molar refractivity (Wildman–Crippen MR) is 81.5 cm³/mol. The van der Waals surface area contributed by atoms with E-state index in [0.717, 1.165) is 11.1 Å². The third kappa shape index (κ3) is 2.34. The number of aromatic nitrogens is 2. The summed E-state index contributed by atoms with van der Waals surface area (Å²) in [5.74, 6) is 1.17. The summed E-state index contributed by atoms with van der Waals surface area (Å²) < 4.78 is 2.23. The fourth-order valence-electron chi connectivity index (χ4n) is 3.27. The molecule has 0 amide bonds. The van der Waals surface area contributed by atoms with Crippen molar-refractivity contribution in [1.29, 1.82) is 0 Å². The van der Waals surface area contributed by atoms with Gasteiger partial charge < -0.3 is 10.1 Å². The van der Waals surface area contributed by atoms with Crippen molar-refractivity contribution in [2.24, 2.45) is 5.73 Å². The van der Waals surface area contributed by atoms with E-state index in [1.807, 2.05) is 6.20 Å². The number of nitrogens with two attached hydrogens (primary N) is 1. The summed E-state index contributed by atoms with van der Waals surface area (Å²) in [4.78, 5) is 7.28. The number of hydrogen-bond acceptors (Lipinski definition) is 3. The zero-order chi connectivity index (χ0) is 14.1. The molecule has 1 aliphatic heterocycles. The normalized spacial score (nSPS) is 20.9. The molecule has 1 aliphatic rings. The molecule has 2 aromatic heterocycles. The van der Waals surface area contributed by atoms with Crippen molar-refractivity contribution < 1.29 is 0 Å². The van der Waals surface area contributed by atoms with Gasteiger partial charge in [-0.25, -0.2) is 4.98 Å². The number of rotatable bonds is 3.